The molecule has 0 fully saturated rings. The number of alkyl halides is 3. The first-order valence-electron chi connectivity index (χ1n) is 5.80. The molecule has 2 aromatic rings. The molecule has 0 aliphatic rings. The molecule has 0 radical (unpaired) electrons. The molecule has 0 spiro atoms. The smallest absolute Gasteiger partial charge is 0.423 e. The van der Waals surface area contributed by atoms with Crippen LogP contribution in [0.4, 0.5) is 24.8 Å². The van der Waals surface area contributed by atoms with Gasteiger partial charge in [-0.2, -0.15) is 18.2 Å². The fourth-order valence-corrected chi connectivity index (χ4v) is 2.20. The van der Waals surface area contributed by atoms with Crippen LogP contribution in [-0.2, 0) is 6.18 Å². The molecule has 0 amide bonds. The van der Waals surface area contributed by atoms with E-state index in [-0.39, 0.29) is 5.95 Å². The summed E-state index contributed by atoms with van der Waals surface area (Å²) >= 11 is 2.15. The molecule has 8 heteroatoms. The second-order valence-corrected chi connectivity index (χ2v) is 5.38. The van der Waals surface area contributed by atoms with Crippen LogP contribution < -0.4 is 9.64 Å². The van der Waals surface area contributed by atoms with E-state index >= 15 is 0 Å². The summed E-state index contributed by atoms with van der Waals surface area (Å²) in [6.45, 7) is 0. The minimum Gasteiger partial charge on any atom is -0.480 e. The van der Waals surface area contributed by atoms with Gasteiger partial charge in [-0.15, -0.1) is 0 Å². The Morgan fingerprint density at radius 1 is 1.29 bits per heavy atom. The van der Waals surface area contributed by atoms with Gasteiger partial charge in [0.15, 0.2) is 0 Å². The van der Waals surface area contributed by atoms with E-state index in [0.29, 0.717) is 0 Å². The molecule has 0 saturated heterocycles. The Morgan fingerprint density at radius 2 is 2.00 bits per heavy atom. The number of anilines is 2. The first-order valence-corrected chi connectivity index (χ1v) is 6.88. The third-order valence-electron chi connectivity index (χ3n) is 2.74. The van der Waals surface area contributed by atoms with Crippen LogP contribution in [0.15, 0.2) is 30.5 Å². The molecule has 0 saturated carbocycles. The van der Waals surface area contributed by atoms with Crippen LogP contribution in [-0.4, -0.2) is 24.1 Å². The van der Waals surface area contributed by atoms with Gasteiger partial charge in [0, 0.05) is 22.5 Å². The van der Waals surface area contributed by atoms with E-state index in [4.69, 9.17) is 4.74 Å². The van der Waals surface area contributed by atoms with Crippen molar-refractivity contribution in [2.24, 2.45) is 0 Å². The molecule has 0 atom stereocenters. The van der Waals surface area contributed by atoms with Gasteiger partial charge in [-0.1, -0.05) is 6.07 Å². The second-order valence-electron chi connectivity index (χ2n) is 4.13. The van der Waals surface area contributed by atoms with Gasteiger partial charge in [0.2, 0.25) is 11.8 Å². The first-order chi connectivity index (χ1) is 9.82. The third-order valence-corrected chi connectivity index (χ3v) is 3.41. The maximum atomic E-state index is 12.8. The second kappa shape index (κ2) is 6.04. The van der Waals surface area contributed by atoms with E-state index in [2.05, 4.69) is 32.6 Å². The zero-order chi connectivity index (χ0) is 15.6. The van der Waals surface area contributed by atoms with Crippen molar-refractivity contribution in [1.29, 1.82) is 0 Å². The van der Waals surface area contributed by atoms with Crippen molar-refractivity contribution < 1.29 is 17.9 Å². The number of halogens is 4. The Balaban J connectivity index is 2.41. The highest BCUT2D eigenvalue weighted by atomic mass is 127. The molecule has 0 unspecified atom stereocenters. The van der Waals surface area contributed by atoms with Crippen LogP contribution in [0.3, 0.4) is 0 Å². The standard InChI is InChI=1S/C13H11F3IN3O/c1-20(9-5-3-4-8(17)6-9)12-18-7-10(13(14,15)16)11(19-12)21-2/h3-7H,1-2H3. The maximum absolute atomic E-state index is 12.8. The molecule has 0 aliphatic heterocycles. The molecule has 1 heterocycles. The molecule has 0 aliphatic carbocycles. The minimum absolute atomic E-state index is 0.127. The summed E-state index contributed by atoms with van der Waals surface area (Å²) in [4.78, 5) is 9.19. The summed E-state index contributed by atoms with van der Waals surface area (Å²) in [5, 5.41) is 0. The molecule has 4 nitrogen and oxygen atoms in total. The fourth-order valence-electron chi connectivity index (χ4n) is 1.67. The summed E-state index contributed by atoms with van der Waals surface area (Å²) in [5.41, 5.74) is -0.228. The Labute approximate surface area is 133 Å². The summed E-state index contributed by atoms with van der Waals surface area (Å²) in [7, 11) is 2.82. The summed E-state index contributed by atoms with van der Waals surface area (Å²) < 4.78 is 44.0. The number of benzene rings is 1. The van der Waals surface area contributed by atoms with E-state index in [1.54, 1.807) is 11.9 Å². The molecule has 2 rings (SSSR count). The van der Waals surface area contributed by atoms with Gasteiger partial charge in [0.1, 0.15) is 5.56 Å². The Kier molecular flexibility index (Phi) is 4.55. The Morgan fingerprint density at radius 3 is 2.57 bits per heavy atom. The normalized spacial score (nSPS) is 11.3. The zero-order valence-electron chi connectivity index (χ0n) is 11.1. The lowest BCUT2D eigenvalue weighted by Crippen LogP contribution is -2.16. The topological polar surface area (TPSA) is 38.2 Å². The summed E-state index contributed by atoms with van der Waals surface area (Å²) in [6, 6.07) is 7.44. The zero-order valence-corrected chi connectivity index (χ0v) is 13.3. The minimum atomic E-state index is -4.55. The van der Waals surface area contributed by atoms with E-state index in [0.717, 1.165) is 22.6 Å². The molecule has 112 valence electrons. The van der Waals surface area contributed by atoms with E-state index in [9.17, 15) is 13.2 Å². The SMILES string of the molecule is COc1nc(N(C)c2cccc(I)c2)ncc1C(F)(F)F. The first kappa shape index (κ1) is 15.8. The van der Waals surface area contributed by atoms with Crippen molar-refractivity contribution in [3.8, 4) is 5.88 Å². The number of hydrogen-bond acceptors (Lipinski definition) is 4. The van der Waals surface area contributed by atoms with Crippen LogP contribution in [0.25, 0.3) is 0 Å². The van der Waals surface area contributed by atoms with Crippen LogP contribution >= 0.6 is 22.6 Å². The van der Waals surface area contributed by atoms with Crippen molar-refractivity contribution in [2.45, 2.75) is 6.18 Å². The van der Waals surface area contributed by atoms with Crippen LogP contribution in [0.2, 0.25) is 0 Å². The number of methoxy groups -OCH3 is 1. The van der Waals surface area contributed by atoms with Gasteiger partial charge in [-0.3, -0.25) is 0 Å². The predicted octanol–water partition coefficient (Wildman–Crippen LogP) is 3.88. The van der Waals surface area contributed by atoms with Gasteiger partial charge >= 0.3 is 6.18 Å². The van der Waals surface area contributed by atoms with Crippen LogP contribution in [0.1, 0.15) is 5.56 Å². The van der Waals surface area contributed by atoms with Crippen molar-refractivity contribution in [3.63, 3.8) is 0 Å². The fraction of sp³-hybridized carbons (Fsp3) is 0.231. The largest absolute Gasteiger partial charge is 0.480 e. The van der Waals surface area contributed by atoms with Crippen molar-refractivity contribution in [2.75, 3.05) is 19.1 Å². The Hall–Kier alpha value is -1.58. The van der Waals surface area contributed by atoms with Gasteiger partial charge in [0.05, 0.1) is 7.11 Å². The van der Waals surface area contributed by atoms with Gasteiger partial charge in [-0.05, 0) is 40.8 Å². The predicted molar refractivity (Wildman–Crippen MR) is 80.8 cm³/mol. The lowest BCUT2D eigenvalue weighted by atomic mass is 10.3. The summed E-state index contributed by atoms with van der Waals surface area (Å²) in [6.07, 6.45) is -3.82. The lowest BCUT2D eigenvalue weighted by molar-refractivity contribution is -0.139. The molecule has 1 aromatic carbocycles. The monoisotopic (exact) mass is 409 g/mol. The van der Waals surface area contributed by atoms with Crippen LogP contribution in [0.5, 0.6) is 5.88 Å². The molecular formula is C13H11F3IN3O. The van der Waals surface area contributed by atoms with Crippen LogP contribution in [0, 0.1) is 3.57 Å². The highest BCUT2D eigenvalue weighted by Gasteiger charge is 2.36. The van der Waals surface area contributed by atoms with E-state index in [1.807, 2.05) is 24.3 Å². The van der Waals surface area contributed by atoms with E-state index < -0.39 is 17.6 Å². The van der Waals surface area contributed by atoms with E-state index in [1.165, 1.54) is 0 Å². The third kappa shape index (κ3) is 3.55. The molecule has 0 bridgehead atoms. The molecular weight excluding hydrogens is 398 g/mol. The van der Waals surface area contributed by atoms with Crippen molar-refractivity contribution in [1.82, 2.24) is 9.97 Å². The average molecular weight is 409 g/mol. The lowest BCUT2D eigenvalue weighted by Gasteiger charge is -2.19. The molecule has 1 aromatic heterocycles. The van der Waals surface area contributed by atoms with Gasteiger partial charge in [0.25, 0.3) is 0 Å². The average Bonchev–Trinajstić information content (AvgIpc) is 2.44. The maximum Gasteiger partial charge on any atom is 0.423 e. The number of ether oxygens (including phenoxy) is 1. The quantitative estimate of drug-likeness (QED) is 0.722. The number of rotatable bonds is 3. The highest BCUT2D eigenvalue weighted by molar-refractivity contribution is 14.1. The highest BCUT2D eigenvalue weighted by Crippen LogP contribution is 2.35. The summed E-state index contributed by atoms with van der Waals surface area (Å²) in [5.74, 6) is -0.369. The molecule has 21 heavy (non-hydrogen) atoms. The Bertz CT molecular complexity index is 649. The van der Waals surface area contributed by atoms with Crippen molar-refractivity contribution in [3.05, 3.63) is 39.6 Å². The molecule has 0 N–H and O–H groups in total. The van der Waals surface area contributed by atoms with Gasteiger partial charge < -0.3 is 9.64 Å². The number of aromatic nitrogens is 2. The number of nitrogens with zero attached hydrogens (tertiary/aromatic N) is 3. The van der Waals surface area contributed by atoms with Crippen molar-refractivity contribution >= 4 is 34.2 Å². The van der Waals surface area contributed by atoms with Gasteiger partial charge in [-0.25, -0.2) is 4.98 Å². The number of hydrogen-bond donors (Lipinski definition) is 0.